The number of aromatic nitrogens is 4. The van der Waals surface area contributed by atoms with Crippen LogP contribution in [0.5, 0.6) is 0 Å². The molecule has 0 bridgehead atoms. The summed E-state index contributed by atoms with van der Waals surface area (Å²) in [5.41, 5.74) is 6.06. The molecule has 154 valence electrons. The summed E-state index contributed by atoms with van der Waals surface area (Å²) in [5.74, 6) is 6.26. The minimum Gasteiger partial charge on any atom is -0.378 e. The van der Waals surface area contributed by atoms with Gasteiger partial charge in [0.1, 0.15) is 16.7 Å². The van der Waals surface area contributed by atoms with E-state index in [-0.39, 0.29) is 23.1 Å². The lowest BCUT2D eigenvalue weighted by atomic mass is 9.73. The predicted molar refractivity (Wildman–Crippen MR) is 107 cm³/mol. The van der Waals surface area contributed by atoms with Crippen LogP contribution in [0.4, 0.5) is 5.95 Å². The Morgan fingerprint density at radius 1 is 1.31 bits per heavy atom. The number of H-pyrrole nitrogens is 1. The number of hydrogen-bond donors (Lipinski definition) is 3. The van der Waals surface area contributed by atoms with Crippen LogP contribution in [-0.4, -0.2) is 62.3 Å². The molecular weight excluding hydrogens is 372 g/mol. The van der Waals surface area contributed by atoms with Crippen LogP contribution in [-0.2, 0) is 11.8 Å². The molecule has 2 aliphatic heterocycles. The lowest BCUT2D eigenvalue weighted by Crippen LogP contribution is -2.51. The Bertz CT molecular complexity index is 1080. The molecular formula is C20H26N6O3. The van der Waals surface area contributed by atoms with E-state index in [1.807, 2.05) is 6.92 Å². The predicted octanol–water partition coefficient (Wildman–Crippen LogP) is -0.134. The van der Waals surface area contributed by atoms with Crippen molar-refractivity contribution in [3.8, 4) is 11.8 Å². The number of anilines is 1. The number of nitrogens with zero attached hydrogens (tertiary/aromatic N) is 4. The Labute approximate surface area is 168 Å². The highest BCUT2D eigenvalue weighted by atomic mass is 16.5. The second-order valence-electron chi connectivity index (χ2n) is 8.74. The van der Waals surface area contributed by atoms with Crippen molar-refractivity contribution in [2.75, 3.05) is 24.6 Å². The van der Waals surface area contributed by atoms with Crippen LogP contribution in [0.3, 0.4) is 0 Å². The molecule has 0 radical (unpaired) electrons. The van der Waals surface area contributed by atoms with Gasteiger partial charge in [-0.05, 0) is 38.5 Å². The molecule has 1 spiro atoms. The first-order valence-corrected chi connectivity index (χ1v) is 10.1. The fourth-order valence-electron chi connectivity index (χ4n) is 4.47. The zero-order valence-corrected chi connectivity index (χ0v) is 16.7. The van der Waals surface area contributed by atoms with Gasteiger partial charge in [0.15, 0.2) is 5.65 Å². The van der Waals surface area contributed by atoms with Crippen LogP contribution in [0.1, 0.15) is 38.3 Å². The summed E-state index contributed by atoms with van der Waals surface area (Å²) in [7, 11) is 1.72. The van der Waals surface area contributed by atoms with Crippen molar-refractivity contribution in [3.05, 3.63) is 16.0 Å². The summed E-state index contributed by atoms with van der Waals surface area (Å²) < 4.78 is 7.35. The summed E-state index contributed by atoms with van der Waals surface area (Å²) in [4.78, 5) is 19.8. The first kappa shape index (κ1) is 18.6. The molecule has 3 fully saturated rings. The molecule has 9 nitrogen and oxygen atoms in total. The molecule has 1 saturated carbocycles. The molecule has 3 aliphatic rings. The van der Waals surface area contributed by atoms with Gasteiger partial charge in [0, 0.05) is 31.6 Å². The van der Waals surface area contributed by atoms with E-state index in [1.165, 1.54) is 0 Å². The molecule has 2 aromatic heterocycles. The van der Waals surface area contributed by atoms with Crippen molar-refractivity contribution in [3.63, 3.8) is 0 Å². The molecule has 2 aromatic rings. The van der Waals surface area contributed by atoms with Gasteiger partial charge in [0.25, 0.3) is 5.56 Å². The van der Waals surface area contributed by atoms with Gasteiger partial charge in [0.05, 0.1) is 12.7 Å². The fourth-order valence-corrected chi connectivity index (χ4v) is 4.47. The average molecular weight is 398 g/mol. The van der Waals surface area contributed by atoms with Crippen LogP contribution in [0.15, 0.2) is 4.79 Å². The lowest BCUT2D eigenvalue weighted by Gasteiger charge is -2.41. The Hall–Kier alpha value is -2.41. The van der Waals surface area contributed by atoms with Gasteiger partial charge in [-0.3, -0.25) is 14.5 Å². The maximum absolute atomic E-state index is 13.0. The number of hydrogen-bond acceptors (Lipinski definition) is 7. The first-order chi connectivity index (χ1) is 13.8. The molecule has 4 heterocycles. The summed E-state index contributed by atoms with van der Waals surface area (Å²) >= 11 is 0. The largest absolute Gasteiger partial charge is 0.378 e. The molecule has 5 rings (SSSR count). The fraction of sp³-hybridized carbons (Fsp3) is 0.650. The van der Waals surface area contributed by atoms with Crippen molar-refractivity contribution in [1.29, 1.82) is 0 Å². The minimum absolute atomic E-state index is 0.0126. The van der Waals surface area contributed by atoms with Crippen molar-refractivity contribution in [2.24, 2.45) is 18.2 Å². The van der Waals surface area contributed by atoms with Gasteiger partial charge in [-0.2, -0.15) is 10.1 Å². The van der Waals surface area contributed by atoms with Gasteiger partial charge in [-0.25, -0.2) is 0 Å². The maximum atomic E-state index is 13.0. The number of rotatable bonds is 1. The second-order valence-corrected chi connectivity index (χ2v) is 8.74. The van der Waals surface area contributed by atoms with Crippen LogP contribution >= 0.6 is 0 Å². The minimum atomic E-state index is -0.921. The number of fused-ring (bicyclic) bond motifs is 1. The van der Waals surface area contributed by atoms with Crippen LogP contribution in [0.25, 0.3) is 11.0 Å². The number of nitrogens with two attached hydrogens (primary N) is 1. The van der Waals surface area contributed by atoms with E-state index in [2.05, 4.69) is 31.9 Å². The summed E-state index contributed by atoms with van der Waals surface area (Å²) in [5, 5.41) is 17.3. The lowest BCUT2D eigenvalue weighted by molar-refractivity contribution is 0.0973. The van der Waals surface area contributed by atoms with Gasteiger partial charge < -0.3 is 20.5 Å². The van der Waals surface area contributed by atoms with E-state index in [0.29, 0.717) is 42.1 Å². The topological polar surface area (TPSA) is 122 Å². The standard InChI is InChI=1S/C20H26N6O3/c1-12-15(21)19(11-29-12)7-9-26(10-8-19)18-22-16-14(17(27)25(18)2)13(23-24-16)3-4-20(28)5-6-20/h12,15,28H,5-11,21H2,1-2H3,(H,23,24)/t12-,15+/m0/s1. The molecule has 9 heteroatoms. The second kappa shape index (κ2) is 6.29. The average Bonchev–Trinajstić information content (AvgIpc) is 3.22. The van der Waals surface area contributed by atoms with Crippen molar-refractivity contribution in [1.82, 2.24) is 19.7 Å². The third-order valence-corrected chi connectivity index (χ3v) is 6.80. The van der Waals surface area contributed by atoms with Crippen molar-refractivity contribution < 1.29 is 9.84 Å². The quantitative estimate of drug-likeness (QED) is 0.572. The van der Waals surface area contributed by atoms with E-state index in [1.54, 1.807) is 11.6 Å². The highest BCUT2D eigenvalue weighted by Gasteiger charge is 2.47. The van der Waals surface area contributed by atoms with Gasteiger partial charge in [-0.15, -0.1) is 0 Å². The first-order valence-electron chi connectivity index (χ1n) is 10.1. The molecule has 2 saturated heterocycles. The number of aliphatic hydroxyl groups is 1. The van der Waals surface area contributed by atoms with Crippen LogP contribution < -0.4 is 16.2 Å². The van der Waals surface area contributed by atoms with Gasteiger partial charge >= 0.3 is 0 Å². The summed E-state index contributed by atoms with van der Waals surface area (Å²) in [6, 6.07) is 0.0407. The van der Waals surface area contributed by atoms with Crippen molar-refractivity contribution >= 4 is 17.0 Å². The van der Waals surface area contributed by atoms with E-state index >= 15 is 0 Å². The van der Waals surface area contributed by atoms with Crippen molar-refractivity contribution in [2.45, 2.75) is 50.4 Å². The third kappa shape index (κ3) is 2.94. The van der Waals surface area contributed by atoms with E-state index in [4.69, 9.17) is 10.5 Å². The highest BCUT2D eigenvalue weighted by molar-refractivity contribution is 5.81. The number of piperidine rings is 1. The Morgan fingerprint density at radius 3 is 2.66 bits per heavy atom. The van der Waals surface area contributed by atoms with Gasteiger partial charge in [-0.1, -0.05) is 5.92 Å². The smallest absolute Gasteiger partial charge is 0.267 e. The number of nitrogens with one attached hydrogen (secondary N) is 1. The van der Waals surface area contributed by atoms with E-state index < -0.39 is 5.60 Å². The van der Waals surface area contributed by atoms with Crippen LogP contribution in [0, 0.1) is 17.3 Å². The highest BCUT2D eigenvalue weighted by Crippen LogP contribution is 2.41. The monoisotopic (exact) mass is 398 g/mol. The van der Waals surface area contributed by atoms with E-state index in [0.717, 1.165) is 25.9 Å². The molecule has 0 unspecified atom stereocenters. The number of ether oxygens (including phenoxy) is 1. The molecule has 1 aliphatic carbocycles. The molecule has 2 atom stereocenters. The summed E-state index contributed by atoms with van der Waals surface area (Å²) in [6.45, 7) is 4.27. The molecule has 0 aromatic carbocycles. The third-order valence-electron chi connectivity index (χ3n) is 6.80. The molecule has 4 N–H and O–H groups in total. The van der Waals surface area contributed by atoms with E-state index in [9.17, 15) is 9.90 Å². The Kier molecular flexibility index (Phi) is 4.04. The zero-order valence-electron chi connectivity index (χ0n) is 16.7. The molecule has 29 heavy (non-hydrogen) atoms. The number of aromatic amines is 1. The normalized spacial score (nSPS) is 27.2. The van der Waals surface area contributed by atoms with Gasteiger partial charge in [0.2, 0.25) is 5.95 Å². The SMILES string of the molecule is C[C@@H]1OCC2(CCN(c3nc4[nH]nc(C#CC5(O)CC5)c4c(=O)n3C)CC2)[C@@H]1N. The van der Waals surface area contributed by atoms with Crippen LogP contribution in [0.2, 0.25) is 0 Å². The summed E-state index contributed by atoms with van der Waals surface area (Å²) in [6.07, 6.45) is 3.22. The zero-order chi connectivity index (χ0) is 20.4. The molecule has 0 amide bonds. The Morgan fingerprint density at radius 2 is 2.03 bits per heavy atom. The Balaban J connectivity index is 1.44. The maximum Gasteiger partial charge on any atom is 0.267 e.